The smallest absolute Gasteiger partial charge is 0.336 e. The zero-order valence-corrected chi connectivity index (χ0v) is 18.4. The van der Waals surface area contributed by atoms with E-state index in [1.807, 2.05) is 11.4 Å². The fraction of sp³-hybridized carbons (Fsp3) is 0.0870. The lowest BCUT2D eigenvalue weighted by Gasteiger charge is -2.13. The number of benzene rings is 2. The number of aromatic nitrogens is 2. The van der Waals surface area contributed by atoms with Gasteiger partial charge in [0.25, 0.3) is 5.56 Å². The summed E-state index contributed by atoms with van der Waals surface area (Å²) in [6.45, 7) is 0. The molecule has 0 atom stereocenters. The second kappa shape index (κ2) is 8.18. The number of phenols is 1. The van der Waals surface area contributed by atoms with Crippen LogP contribution >= 0.6 is 23.1 Å². The molecule has 3 aromatic heterocycles. The van der Waals surface area contributed by atoms with Crippen LogP contribution in [0.25, 0.3) is 26.9 Å². The van der Waals surface area contributed by atoms with Gasteiger partial charge in [0.05, 0.1) is 18.3 Å². The molecule has 0 saturated heterocycles. The second-order valence-corrected chi connectivity index (χ2v) is 8.79. The molecule has 0 amide bonds. The molecule has 2 aromatic carbocycles. The van der Waals surface area contributed by atoms with Crippen molar-refractivity contribution in [2.45, 2.75) is 10.9 Å². The maximum atomic E-state index is 13.3. The van der Waals surface area contributed by atoms with E-state index >= 15 is 0 Å². The van der Waals surface area contributed by atoms with Gasteiger partial charge in [-0.25, -0.2) is 9.78 Å². The molecule has 0 fully saturated rings. The van der Waals surface area contributed by atoms with Gasteiger partial charge in [-0.15, -0.1) is 11.3 Å². The number of phenolic OH excluding ortho intramolecular Hbond substituents is 1. The van der Waals surface area contributed by atoms with Crippen LogP contribution < -0.4 is 15.9 Å². The molecule has 9 heteroatoms. The number of nitrogens with zero attached hydrogens (tertiary/aromatic N) is 2. The number of methoxy groups -OCH3 is 1. The molecule has 3 heterocycles. The quantitative estimate of drug-likeness (QED) is 0.231. The normalized spacial score (nSPS) is 11.3. The monoisotopic (exact) mass is 464 g/mol. The van der Waals surface area contributed by atoms with Crippen LogP contribution in [0.1, 0.15) is 5.56 Å². The molecule has 0 radical (unpaired) electrons. The molecular formula is C23H16N2O5S2. The minimum Gasteiger partial charge on any atom is -0.508 e. The van der Waals surface area contributed by atoms with Gasteiger partial charge in [-0.1, -0.05) is 11.8 Å². The Balaban J connectivity index is 1.61. The van der Waals surface area contributed by atoms with Crippen molar-refractivity contribution >= 4 is 44.3 Å². The summed E-state index contributed by atoms with van der Waals surface area (Å²) in [5.74, 6) is 1.08. The van der Waals surface area contributed by atoms with E-state index in [4.69, 9.17) is 14.1 Å². The molecule has 32 heavy (non-hydrogen) atoms. The Bertz CT molecular complexity index is 1570. The molecule has 160 valence electrons. The van der Waals surface area contributed by atoms with Crippen molar-refractivity contribution in [3.63, 3.8) is 0 Å². The summed E-state index contributed by atoms with van der Waals surface area (Å²) in [5.41, 5.74) is 1.68. The van der Waals surface area contributed by atoms with E-state index in [1.165, 1.54) is 35.2 Å². The molecule has 0 aliphatic rings. The average molecular weight is 465 g/mol. The molecular weight excluding hydrogens is 448 g/mol. The van der Waals surface area contributed by atoms with Gasteiger partial charge in [0.15, 0.2) is 5.16 Å². The number of aromatic hydroxyl groups is 1. The molecule has 0 saturated carbocycles. The number of hydrogen-bond donors (Lipinski definition) is 1. The number of thiophene rings is 1. The molecule has 0 aliphatic heterocycles. The van der Waals surface area contributed by atoms with Gasteiger partial charge in [0.1, 0.15) is 21.8 Å². The molecule has 0 spiro atoms. The third kappa shape index (κ3) is 3.65. The first kappa shape index (κ1) is 20.3. The number of hydrogen-bond acceptors (Lipinski definition) is 8. The lowest BCUT2D eigenvalue weighted by atomic mass is 10.1. The second-order valence-electron chi connectivity index (χ2n) is 6.93. The third-order valence-corrected chi connectivity index (χ3v) is 6.83. The summed E-state index contributed by atoms with van der Waals surface area (Å²) in [6.07, 6.45) is 0. The van der Waals surface area contributed by atoms with Crippen LogP contribution in [0.5, 0.6) is 11.5 Å². The lowest BCUT2D eigenvalue weighted by molar-refractivity contribution is 0.414. The summed E-state index contributed by atoms with van der Waals surface area (Å²) in [4.78, 5) is 30.0. The largest absolute Gasteiger partial charge is 0.508 e. The number of rotatable bonds is 5. The zero-order valence-electron chi connectivity index (χ0n) is 16.8. The molecule has 5 aromatic rings. The van der Waals surface area contributed by atoms with E-state index in [2.05, 4.69) is 0 Å². The van der Waals surface area contributed by atoms with Crippen molar-refractivity contribution in [3.05, 3.63) is 86.3 Å². The Labute approximate surface area is 189 Å². The first-order valence-corrected chi connectivity index (χ1v) is 11.4. The highest BCUT2D eigenvalue weighted by Crippen LogP contribution is 2.30. The molecule has 1 N–H and O–H groups in total. The van der Waals surface area contributed by atoms with Gasteiger partial charge >= 0.3 is 5.63 Å². The van der Waals surface area contributed by atoms with Crippen LogP contribution in [-0.2, 0) is 5.75 Å². The summed E-state index contributed by atoms with van der Waals surface area (Å²) < 4.78 is 12.6. The van der Waals surface area contributed by atoms with E-state index < -0.39 is 5.63 Å². The van der Waals surface area contributed by atoms with Crippen LogP contribution in [0.3, 0.4) is 0 Å². The van der Waals surface area contributed by atoms with Gasteiger partial charge in [-0.3, -0.25) is 9.36 Å². The number of fused-ring (bicyclic) bond motifs is 2. The highest BCUT2D eigenvalue weighted by molar-refractivity contribution is 7.98. The van der Waals surface area contributed by atoms with Crippen molar-refractivity contribution in [1.29, 1.82) is 0 Å². The predicted octanol–water partition coefficient (Wildman–Crippen LogP) is 4.56. The van der Waals surface area contributed by atoms with E-state index in [0.29, 0.717) is 43.5 Å². The Hall–Kier alpha value is -3.56. The highest BCUT2D eigenvalue weighted by Gasteiger charge is 2.16. The Morgan fingerprint density at radius 2 is 1.94 bits per heavy atom. The summed E-state index contributed by atoms with van der Waals surface area (Å²) in [5, 5.41) is 12.8. The third-order valence-electron chi connectivity index (χ3n) is 4.95. The van der Waals surface area contributed by atoms with Crippen LogP contribution in [0.2, 0.25) is 0 Å². The Kier molecular flexibility index (Phi) is 5.20. The van der Waals surface area contributed by atoms with E-state index in [-0.39, 0.29) is 11.3 Å². The zero-order chi connectivity index (χ0) is 22.2. The van der Waals surface area contributed by atoms with Crippen LogP contribution in [0.4, 0.5) is 0 Å². The molecule has 0 unspecified atom stereocenters. The van der Waals surface area contributed by atoms with Crippen molar-refractivity contribution in [2.24, 2.45) is 0 Å². The van der Waals surface area contributed by atoms with E-state index in [0.717, 1.165) is 5.56 Å². The van der Waals surface area contributed by atoms with Crippen molar-refractivity contribution in [3.8, 4) is 17.2 Å². The van der Waals surface area contributed by atoms with E-state index in [9.17, 15) is 14.7 Å². The van der Waals surface area contributed by atoms with Gasteiger partial charge in [0, 0.05) is 23.3 Å². The minimum atomic E-state index is -0.507. The average Bonchev–Trinajstić information content (AvgIpc) is 3.26. The maximum Gasteiger partial charge on any atom is 0.336 e. The van der Waals surface area contributed by atoms with E-state index in [1.54, 1.807) is 48.1 Å². The number of thioether (sulfide) groups is 1. The Morgan fingerprint density at radius 3 is 2.72 bits per heavy atom. The van der Waals surface area contributed by atoms with Crippen molar-refractivity contribution in [1.82, 2.24) is 9.55 Å². The molecule has 5 rings (SSSR count). The highest BCUT2D eigenvalue weighted by atomic mass is 32.2. The summed E-state index contributed by atoms with van der Waals surface area (Å²) >= 11 is 2.70. The fourth-order valence-electron chi connectivity index (χ4n) is 3.43. The topological polar surface area (TPSA) is 94.6 Å². The van der Waals surface area contributed by atoms with Gasteiger partial charge in [-0.05, 0) is 53.4 Å². The van der Waals surface area contributed by atoms with Crippen LogP contribution in [0, 0.1) is 0 Å². The molecule has 0 bridgehead atoms. The van der Waals surface area contributed by atoms with Crippen molar-refractivity contribution < 1.29 is 14.3 Å². The first-order valence-electron chi connectivity index (χ1n) is 9.57. The molecule has 0 aliphatic carbocycles. The van der Waals surface area contributed by atoms with Gasteiger partial charge in [0.2, 0.25) is 0 Å². The Morgan fingerprint density at radius 1 is 1.12 bits per heavy atom. The van der Waals surface area contributed by atoms with Gasteiger partial charge < -0.3 is 14.3 Å². The van der Waals surface area contributed by atoms with Crippen LogP contribution in [-0.4, -0.2) is 21.8 Å². The number of ether oxygens (including phenoxy) is 1. The van der Waals surface area contributed by atoms with Crippen molar-refractivity contribution in [2.75, 3.05) is 7.11 Å². The fourth-order valence-corrected chi connectivity index (χ4v) is 5.19. The lowest BCUT2D eigenvalue weighted by Crippen LogP contribution is -2.20. The molecule has 7 nitrogen and oxygen atoms in total. The summed E-state index contributed by atoms with van der Waals surface area (Å²) in [6, 6.07) is 15.1. The minimum absolute atomic E-state index is 0.0170. The SMILES string of the molecule is COc1ccc(-n2c(SCc3cc(=O)oc4cc(O)ccc34)nc3ccsc3c2=O)cc1. The standard InChI is InChI=1S/C23H16N2O5S2/c1-29-16-5-2-14(3-6-16)25-22(28)21-18(8-9-31-21)24-23(25)32-12-13-10-20(27)30-19-11-15(26)4-7-17(13)19/h2-11,26H,12H2,1H3. The van der Waals surface area contributed by atoms with Gasteiger partial charge in [-0.2, -0.15) is 0 Å². The summed E-state index contributed by atoms with van der Waals surface area (Å²) in [7, 11) is 1.59. The van der Waals surface area contributed by atoms with Crippen LogP contribution in [0.15, 0.2) is 79.1 Å². The first-order chi connectivity index (χ1) is 15.5. The maximum absolute atomic E-state index is 13.3. The predicted molar refractivity (Wildman–Crippen MR) is 125 cm³/mol.